The molecule has 0 rings (SSSR count). The zero-order valence-corrected chi connectivity index (χ0v) is 35.0. The standard InChI is InChI=1S/C39H64N6O16/c1-24(46)13-14-27(37(56)57)43-33(50)22-18-29(39(60)61)45-35(53)25(15-19-30(47)41-23-11-9-7-5-3-4-6-8-10-12-34(51)52)42-31(48)21-17-28(38(58)59)44-32(49)20-16-26(40-2)36(54)55/h25-29,40H,3-23H2,1-2H3,(H,41,47)(H,42,48)(H,43,50)(H,44,49)(H,45,53)(H,51,52)(H,54,55)(H,56,57)(H,58,59)(H,60,61)/t25-,26-,27-,28-,29-/m1/s1. The first-order valence-electron chi connectivity index (χ1n) is 20.5. The van der Waals surface area contributed by atoms with Gasteiger partial charge in [0, 0.05) is 45.1 Å². The Labute approximate surface area is 354 Å². The smallest absolute Gasteiger partial charge is 0.326 e. The molecule has 5 atom stereocenters. The van der Waals surface area contributed by atoms with Gasteiger partial charge in [-0.1, -0.05) is 44.9 Å². The molecule has 346 valence electrons. The van der Waals surface area contributed by atoms with E-state index in [9.17, 15) is 68.1 Å². The molecule has 5 amide bonds. The highest BCUT2D eigenvalue weighted by molar-refractivity contribution is 5.92. The number of aliphatic carboxylic acids is 5. The zero-order chi connectivity index (χ0) is 46.3. The maximum atomic E-state index is 13.4. The number of Topliss-reactive ketones (excluding diaryl/α,β-unsaturated/α-hetero) is 1. The van der Waals surface area contributed by atoms with Crippen LogP contribution in [0.25, 0.3) is 0 Å². The summed E-state index contributed by atoms with van der Waals surface area (Å²) in [4.78, 5) is 132. The van der Waals surface area contributed by atoms with Crippen LogP contribution < -0.4 is 31.9 Å². The second kappa shape index (κ2) is 32.1. The second-order valence-electron chi connectivity index (χ2n) is 14.7. The van der Waals surface area contributed by atoms with Gasteiger partial charge in [-0.05, 0) is 58.9 Å². The number of likely N-dealkylation sites (N-methyl/N-ethyl adjacent to an activating group) is 1. The molecule has 0 unspecified atom stereocenters. The first-order chi connectivity index (χ1) is 28.8. The van der Waals surface area contributed by atoms with E-state index in [1.54, 1.807) is 0 Å². The van der Waals surface area contributed by atoms with E-state index in [1.165, 1.54) is 14.0 Å². The van der Waals surface area contributed by atoms with E-state index >= 15 is 0 Å². The highest BCUT2D eigenvalue weighted by atomic mass is 16.4. The number of rotatable bonds is 37. The van der Waals surface area contributed by atoms with Crippen molar-refractivity contribution in [2.45, 2.75) is 166 Å². The number of unbranched alkanes of at least 4 members (excludes halogenated alkanes) is 8. The minimum atomic E-state index is -1.71. The van der Waals surface area contributed by atoms with E-state index < -0.39 is 115 Å². The van der Waals surface area contributed by atoms with Gasteiger partial charge in [-0.2, -0.15) is 0 Å². The summed E-state index contributed by atoms with van der Waals surface area (Å²) in [6.07, 6.45) is 4.56. The number of amides is 5. The zero-order valence-electron chi connectivity index (χ0n) is 35.0. The van der Waals surface area contributed by atoms with Crippen LogP contribution in [-0.2, 0) is 52.7 Å². The minimum absolute atomic E-state index is 0.130. The third kappa shape index (κ3) is 28.4. The monoisotopic (exact) mass is 872 g/mol. The van der Waals surface area contributed by atoms with E-state index in [2.05, 4.69) is 31.9 Å². The normalized spacial score (nSPS) is 13.3. The van der Waals surface area contributed by atoms with E-state index in [-0.39, 0.29) is 50.7 Å². The van der Waals surface area contributed by atoms with Gasteiger partial charge in [-0.25, -0.2) is 14.4 Å². The predicted octanol–water partition coefficient (Wildman–Crippen LogP) is 0.444. The summed E-state index contributed by atoms with van der Waals surface area (Å²) in [5.41, 5.74) is 0. The summed E-state index contributed by atoms with van der Waals surface area (Å²) in [6, 6.07) is -7.29. The van der Waals surface area contributed by atoms with E-state index in [0.29, 0.717) is 19.4 Å². The Morgan fingerprint density at radius 2 is 0.738 bits per heavy atom. The van der Waals surface area contributed by atoms with Crippen LogP contribution in [-0.4, -0.2) is 134 Å². The molecule has 0 aliphatic carbocycles. The van der Waals surface area contributed by atoms with E-state index in [1.807, 2.05) is 0 Å². The highest BCUT2D eigenvalue weighted by Gasteiger charge is 2.29. The van der Waals surface area contributed by atoms with Crippen molar-refractivity contribution in [1.29, 1.82) is 0 Å². The summed E-state index contributed by atoms with van der Waals surface area (Å²) in [5, 5.41) is 60.8. The number of nitrogens with one attached hydrogen (secondary N) is 6. The summed E-state index contributed by atoms with van der Waals surface area (Å²) >= 11 is 0. The largest absolute Gasteiger partial charge is 0.481 e. The van der Waals surface area contributed by atoms with E-state index in [0.717, 1.165) is 44.9 Å². The van der Waals surface area contributed by atoms with Gasteiger partial charge in [-0.15, -0.1) is 0 Å². The molecule has 61 heavy (non-hydrogen) atoms. The molecule has 22 nitrogen and oxygen atoms in total. The fourth-order valence-corrected chi connectivity index (χ4v) is 5.91. The number of carbonyl (C=O) groups is 11. The molecule has 0 aromatic rings. The van der Waals surface area contributed by atoms with Crippen molar-refractivity contribution in [1.82, 2.24) is 31.9 Å². The molecular formula is C39H64N6O16. The first kappa shape index (κ1) is 55.3. The third-order valence-electron chi connectivity index (χ3n) is 9.49. The van der Waals surface area contributed by atoms with Gasteiger partial charge in [0.1, 0.15) is 36.0 Å². The van der Waals surface area contributed by atoms with Gasteiger partial charge in [0.2, 0.25) is 29.5 Å². The van der Waals surface area contributed by atoms with Crippen molar-refractivity contribution in [2.24, 2.45) is 0 Å². The van der Waals surface area contributed by atoms with Gasteiger partial charge in [0.15, 0.2) is 0 Å². The topological polar surface area (TPSA) is 361 Å². The Kier molecular flexibility index (Phi) is 29.2. The lowest BCUT2D eigenvalue weighted by Gasteiger charge is -2.22. The van der Waals surface area contributed by atoms with Gasteiger partial charge in [0.25, 0.3) is 0 Å². The number of hydrogen-bond donors (Lipinski definition) is 11. The van der Waals surface area contributed by atoms with Crippen LogP contribution in [0.2, 0.25) is 0 Å². The lowest BCUT2D eigenvalue weighted by atomic mass is 10.1. The number of carboxylic acid groups (broad SMARTS) is 5. The Hall–Kier alpha value is -5.67. The van der Waals surface area contributed by atoms with Crippen LogP contribution in [0.5, 0.6) is 0 Å². The number of carboxylic acids is 5. The van der Waals surface area contributed by atoms with Crippen molar-refractivity contribution in [3.63, 3.8) is 0 Å². The third-order valence-corrected chi connectivity index (χ3v) is 9.49. The highest BCUT2D eigenvalue weighted by Crippen LogP contribution is 2.11. The minimum Gasteiger partial charge on any atom is -0.481 e. The van der Waals surface area contributed by atoms with Crippen LogP contribution in [0.4, 0.5) is 0 Å². The summed E-state index contributed by atoms with van der Waals surface area (Å²) < 4.78 is 0. The Bertz CT molecular complexity index is 1490. The van der Waals surface area contributed by atoms with E-state index in [4.69, 9.17) is 10.2 Å². The number of hydrogen-bond acceptors (Lipinski definition) is 12. The average molecular weight is 873 g/mol. The average Bonchev–Trinajstić information content (AvgIpc) is 3.17. The maximum Gasteiger partial charge on any atom is 0.326 e. The Morgan fingerprint density at radius 1 is 0.393 bits per heavy atom. The SMILES string of the molecule is CN[C@H](CCC(=O)N[C@H](CCC(=O)N[C@H](CCC(=O)NCCCCCCCCCCCC(=O)O)C(=O)N[C@H](CCC(=O)N[C@H](CCC(C)=O)C(=O)O)C(=O)O)C(=O)O)C(=O)O. The lowest BCUT2D eigenvalue weighted by Crippen LogP contribution is -2.52. The molecule has 0 spiro atoms. The number of ketones is 1. The van der Waals surface area contributed by atoms with Gasteiger partial charge >= 0.3 is 29.8 Å². The fraction of sp³-hybridized carbons (Fsp3) is 0.718. The summed E-state index contributed by atoms with van der Waals surface area (Å²) in [6.45, 7) is 1.57. The molecule has 0 saturated carbocycles. The Morgan fingerprint density at radius 3 is 1.15 bits per heavy atom. The molecule has 0 aliphatic heterocycles. The molecule has 0 aliphatic rings. The van der Waals surface area contributed by atoms with Gasteiger partial charge < -0.3 is 62.2 Å². The van der Waals surface area contributed by atoms with Crippen molar-refractivity contribution in [2.75, 3.05) is 13.6 Å². The van der Waals surface area contributed by atoms with Gasteiger partial charge in [-0.3, -0.25) is 33.6 Å². The Balaban J connectivity index is 5.47. The quantitative estimate of drug-likeness (QED) is 0.0377. The molecule has 22 heteroatoms. The summed E-state index contributed by atoms with van der Waals surface area (Å²) in [7, 11) is 1.37. The molecule has 0 aromatic heterocycles. The van der Waals surface area contributed by atoms with Crippen molar-refractivity contribution in [3.05, 3.63) is 0 Å². The van der Waals surface area contributed by atoms with Crippen molar-refractivity contribution >= 4 is 65.2 Å². The predicted molar refractivity (Wildman–Crippen MR) is 215 cm³/mol. The molecule has 0 radical (unpaired) electrons. The molecule has 0 heterocycles. The van der Waals surface area contributed by atoms with Crippen LogP contribution >= 0.6 is 0 Å². The molecule has 0 fully saturated rings. The maximum absolute atomic E-state index is 13.4. The van der Waals surface area contributed by atoms with Crippen LogP contribution in [0.3, 0.4) is 0 Å². The number of carbonyl (C=O) groups excluding carboxylic acids is 6. The molecular weight excluding hydrogens is 808 g/mol. The van der Waals surface area contributed by atoms with Crippen LogP contribution in [0.15, 0.2) is 0 Å². The van der Waals surface area contributed by atoms with Gasteiger partial charge in [0.05, 0.1) is 0 Å². The molecule has 0 bridgehead atoms. The second-order valence-corrected chi connectivity index (χ2v) is 14.7. The lowest BCUT2D eigenvalue weighted by molar-refractivity contribution is -0.144. The molecule has 0 aromatic carbocycles. The van der Waals surface area contributed by atoms with Crippen molar-refractivity contribution < 1.29 is 78.3 Å². The first-order valence-corrected chi connectivity index (χ1v) is 20.5. The summed E-state index contributed by atoms with van der Waals surface area (Å²) in [5.74, 6) is -10.9. The molecule has 11 N–H and O–H groups in total. The van der Waals surface area contributed by atoms with Crippen LogP contribution in [0, 0.1) is 0 Å². The van der Waals surface area contributed by atoms with Crippen molar-refractivity contribution in [3.8, 4) is 0 Å². The molecule has 0 saturated heterocycles. The fourth-order valence-electron chi connectivity index (χ4n) is 5.91. The van der Waals surface area contributed by atoms with Crippen LogP contribution in [0.1, 0.15) is 135 Å².